The number of carbonyl (C=O) groups excluding carboxylic acids is 1. The van der Waals surface area contributed by atoms with Crippen LogP contribution in [0.5, 0.6) is 28.7 Å². The Morgan fingerprint density at radius 2 is 0.655 bits per heavy atom. The largest absolute Gasteiger partial charge is 0.507 e. The van der Waals surface area contributed by atoms with Gasteiger partial charge in [-0.1, -0.05) is 206 Å². The summed E-state index contributed by atoms with van der Waals surface area (Å²) in [7, 11) is 12.4. The summed E-state index contributed by atoms with van der Waals surface area (Å²) in [6.45, 7) is 11.6. The third-order valence-corrected chi connectivity index (χ3v) is 22.1. The number of hydrogen-bond acceptors (Lipinski definition) is 12. The molecule has 0 saturated carbocycles. The summed E-state index contributed by atoms with van der Waals surface area (Å²) in [6.07, 6.45) is 0.769. The second kappa shape index (κ2) is 33.2. The van der Waals surface area contributed by atoms with Gasteiger partial charge in [0.25, 0.3) is 0 Å². The van der Waals surface area contributed by atoms with Crippen molar-refractivity contribution in [2.24, 2.45) is 0 Å². The van der Waals surface area contributed by atoms with Crippen LogP contribution in [-0.4, -0.2) is 156 Å². The van der Waals surface area contributed by atoms with E-state index in [1.165, 1.54) is 32.3 Å². The van der Waals surface area contributed by atoms with E-state index in [2.05, 4.69) is 225 Å². The van der Waals surface area contributed by atoms with Crippen molar-refractivity contribution in [3.05, 3.63) is 318 Å². The fraction of sp³-hybridized carbons (Fsp3) is 0.186. The maximum Gasteiger partial charge on any atom is 0.153 e. The first-order valence-electron chi connectivity index (χ1n) is 38.6. The SMILES string of the molecule is CN1CCN(C)C1c1cccc(-n2c3ccccc3c3ccccc32)c1O.CNCCN(C)Cc1cccc(-n2c3ccccc3c3ccccc32)c1O.Cc1cc(C)c(O)c(CN(C)CCN(C)Cc2cccc(-n3c4ccccc4c4ccccc43)c2O)c1.O=Cc1cccc(-n2c3ccccc3c3ccccc32)c1O. The third kappa shape index (κ3) is 15.0. The molecule has 0 bridgehead atoms. The van der Waals surface area contributed by atoms with Crippen molar-refractivity contribution in [2.75, 3.05) is 81.6 Å². The van der Waals surface area contributed by atoms with Crippen LogP contribution in [0.1, 0.15) is 49.9 Å². The van der Waals surface area contributed by atoms with E-state index in [4.69, 9.17) is 0 Å². The zero-order valence-corrected chi connectivity index (χ0v) is 65.2. The van der Waals surface area contributed by atoms with Crippen LogP contribution < -0.4 is 5.32 Å². The predicted octanol–water partition coefficient (Wildman–Crippen LogP) is 19.2. The molecule has 1 aliphatic rings. The smallest absolute Gasteiger partial charge is 0.153 e. The number of para-hydroxylation sites is 12. The Balaban J connectivity index is 0.000000121. The Morgan fingerprint density at radius 3 is 1.00 bits per heavy atom. The van der Waals surface area contributed by atoms with E-state index in [0.717, 1.165) is 145 Å². The molecule has 6 N–H and O–H groups in total. The predicted molar refractivity (Wildman–Crippen MR) is 464 cm³/mol. The van der Waals surface area contributed by atoms with Crippen LogP contribution in [0.15, 0.2) is 279 Å². The van der Waals surface area contributed by atoms with Crippen LogP contribution in [0.2, 0.25) is 0 Å². The molecule has 0 atom stereocenters. The van der Waals surface area contributed by atoms with Crippen molar-refractivity contribution < 1.29 is 30.3 Å². The minimum absolute atomic E-state index is 0.00371. The Hall–Kier alpha value is -12.5. The van der Waals surface area contributed by atoms with Crippen LogP contribution in [-0.2, 0) is 19.6 Å². The number of aryl methyl sites for hydroxylation is 2. The number of hydrogen-bond donors (Lipinski definition) is 6. The Morgan fingerprint density at radius 1 is 0.354 bits per heavy atom. The van der Waals surface area contributed by atoms with Gasteiger partial charge in [-0.05, 0) is 141 Å². The molecule has 17 aromatic rings. The molecule has 0 spiro atoms. The van der Waals surface area contributed by atoms with Crippen molar-refractivity contribution in [1.29, 1.82) is 0 Å². The number of aromatic hydroxyl groups is 5. The van der Waals surface area contributed by atoms with Gasteiger partial charge in [-0.2, -0.15) is 0 Å². The van der Waals surface area contributed by atoms with Crippen molar-refractivity contribution >= 4 is 93.5 Å². The molecule has 4 aromatic heterocycles. The molecule has 13 aromatic carbocycles. The fourth-order valence-electron chi connectivity index (χ4n) is 16.6. The Bertz CT molecular complexity index is 6110. The average molecular weight is 1500 g/mol. The van der Waals surface area contributed by atoms with Crippen LogP contribution in [0.3, 0.4) is 0 Å². The number of phenolic OH excluding ortho intramolecular Hbond substituents is 5. The van der Waals surface area contributed by atoms with Gasteiger partial charge in [0.1, 0.15) is 28.7 Å². The topological polar surface area (TPSA) is 166 Å². The van der Waals surface area contributed by atoms with Crippen molar-refractivity contribution in [1.82, 2.24) is 48.1 Å². The minimum Gasteiger partial charge on any atom is -0.507 e. The van der Waals surface area contributed by atoms with Gasteiger partial charge in [-0.15, -0.1) is 0 Å². The molecule has 1 saturated heterocycles. The van der Waals surface area contributed by atoms with Crippen LogP contribution in [0.25, 0.3) is 110 Å². The average Bonchev–Trinajstić information content (AvgIpc) is 1.65. The lowest BCUT2D eigenvalue weighted by Crippen LogP contribution is -2.30. The van der Waals surface area contributed by atoms with Gasteiger partial charge in [0.05, 0.1) is 78.6 Å². The van der Waals surface area contributed by atoms with E-state index in [0.29, 0.717) is 60.2 Å². The summed E-state index contributed by atoms with van der Waals surface area (Å²) in [5.74, 6) is 1.41. The lowest BCUT2D eigenvalue weighted by molar-refractivity contribution is 0.112. The Labute approximate surface area is 658 Å². The van der Waals surface area contributed by atoms with Crippen LogP contribution in [0.4, 0.5) is 0 Å². The van der Waals surface area contributed by atoms with Gasteiger partial charge in [-0.3, -0.25) is 14.6 Å². The van der Waals surface area contributed by atoms with Crippen molar-refractivity contribution in [2.45, 2.75) is 39.6 Å². The first kappa shape index (κ1) is 75.9. The number of aromatic nitrogens is 4. The lowest BCUT2D eigenvalue weighted by Gasteiger charge is -2.27. The number of nitrogens with zero attached hydrogens (tertiary/aromatic N) is 9. The minimum atomic E-state index is 0.00371. The van der Waals surface area contributed by atoms with Gasteiger partial charge >= 0.3 is 0 Å². The first-order valence-corrected chi connectivity index (χ1v) is 38.6. The van der Waals surface area contributed by atoms with Gasteiger partial charge < -0.3 is 63.8 Å². The zero-order chi connectivity index (χ0) is 78.6. The number of carbonyl (C=O) groups is 1. The summed E-state index contributed by atoms with van der Waals surface area (Å²) in [5.41, 5.74) is 17.8. The molecule has 0 aliphatic carbocycles. The van der Waals surface area contributed by atoms with Gasteiger partial charge in [-0.25, -0.2) is 0 Å². The highest BCUT2D eigenvalue weighted by Crippen LogP contribution is 2.43. The molecule has 1 fully saturated rings. The number of fused-ring (bicyclic) bond motifs is 12. The van der Waals surface area contributed by atoms with Gasteiger partial charge in [0.2, 0.25) is 0 Å². The Kier molecular flexibility index (Phi) is 22.3. The summed E-state index contributed by atoms with van der Waals surface area (Å²) < 4.78 is 8.50. The first-order chi connectivity index (χ1) is 55.0. The van der Waals surface area contributed by atoms with E-state index in [1.807, 2.05) is 146 Å². The molecule has 1 aliphatic heterocycles. The number of benzene rings is 13. The third-order valence-electron chi connectivity index (χ3n) is 22.1. The lowest BCUT2D eigenvalue weighted by atomic mass is 10.1. The molecule has 18 rings (SSSR count). The van der Waals surface area contributed by atoms with Gasteiger partial charge in [0.15, 0.2) is 6.29 Å². The number of phenols is 5. The standard InChI is InChI=1S/C32H35N3O2.C23H23N3O.C23H25N3O.C19H13NO2/c1-22-18-23(2)31(36)25(19-22)21-34(4)17-16-33(3)20-24-10-9-15-30(32(24)37)35-28-13-7-5-11-26(28)27-12-6-8-14-29(27)35;1-24-14-15-25(2)23(24)18-10-7-13-21(22(18)27)26-19-11-5-3-8-16(19)17-9-4-6-12-20(17)26;1-24-14-15-25(2)16-17-8-7-13-22(23(17)27)26-20-11-5-3-9-18(20)19-10-4-6-12-21(19)26;21-12-13-6-5-11-18(19(13)22)20-16-9-3-1-7-14(16)15-8-2-4-10-17(15)20/h5-15,18-19,36-37H,16-17,20-21H2,1-4H3;3-13,23,27H,14-15H2,1-2H3;3-13,24,27H,14-16H2,1-2H3;1-12,22H. The summed E-state index contributed by atoms with van der Waals surface area (Å²) in [4.78, 5) is 22.3. The van der Waals surface area contributed by atoms with Gasteiger partial charge in [0, 0.05) is 124 Å². The summed E-state index contributed by atoms with van der Waals surface area (Å²) in [5, 5.41) is 67.2. The highest BCUT2D eigenvalue weighted by atomic mass is 16.3. The summed E-state index contributed by atoms with van der Waals surface area (Å²) >= 11 is 0. The number of likely N-dealkylation sites (N-methyl/N-ethyl adjacent to an activating group) is 6. The second-order valence-electron chi connectivity index (χ2n) is 29.8. The highest BCUT2D eigenvalue weighted by molar-refractivity contribution is 6.12. The van der Waals surface area contributed by atoms with Crippen molar-refractivity contribution in [3.8, 4) is 51.5 Å². The number of aldehydes is 1. The van der Waals surface area contributed by atoms with E-state index in [9.17, 15) is 30.3 Å². The zero-order valence-electron chi connectivity index (χ0n) is 65.2. The van der Waals surface area contributed by atoms with Crippen molar-refractivity contribution in [3.63, 3.8) is 0 Å². The normalized spacial score (nSPS) is 12.8. The maximum atomic E-state index is 11.4. The van der Waals surface area contributed by atoms with E-state index in [-0.39, 0.29) is 11.9 Å². The number of nitrogens with one attached hydrogen (secondary N) is 1. The molecular weight excluding hydrogens is 1400 g/mol. The van der Waals surface area contributed by atoms with E-state index >= 15 is 0 Å². The molecule has 0 unspecified atom stereocenters. The molecule has 16 nitrogen and oxygen atoms in total. The monoisotopic (exact) mass is 1500 g/mol. The van der Waals surface area contributed by atoms with E-state index < -0.39 is 0 Å². The molecule has 16 heteroatoms. The number of rotatable bonds is 18. The van der Waals surface area contributed by atoms with Crippen LogP contribution in [0, 0.1) is 13.8 Å². The fourth-order valence-corrected chi connectivity index (χ4v) is 16.6. The molecular formula is C97H96N10O6. The van der Waals surface area contributed by atoms with Crippen LogP contribution >= 0.6 is 0 Å². The molecule has 0 amide bonds. The maximum absolute atomic E-state index is 11.4. The summed E-state index contributed by atoms with van der Waals surface area (Å²) in [6, 6.07) is 93.7. The highest BCUT2D eigenvalue weighted by Gasteiger charge is 2.31. The quantitative estimate of drug-likeness (QED) is 0.0451. The molecule has 0 radical (unpaired) electrons. The van der Waals surface area contributed by atoms with E-state index in [1.54, 1.807) is 12.1 Å². The molecule has 113 heavy (non-hydrogen) atoms. The second-order valence-corrected chi connectivity index (χ2v) is 29.8. The molecule has 5 heterocycles. The molecule has 570 valence electrons.